The second kappa shape index (κ2) is 7.26. The highest BCUT2D eigenvalue weighted by molar-refractivity contribution is 7.89. The minimum Gasteiger partial charge on any atom is -0.482 e. The van der Waals surface area contributed by atoms with Crippen LogP contribution in [0.4, 0.5) is 5.69 Å². The summed E-state index contributed by atoms with van der Waals surface area (Å²) >= 11 is 6.28. The van der Waals surface area contributed by atoms with Crippen molar-refractivity contribution in [3.63, 3.8) is 0 Å². The molecule has 2 aliphatic heterocycles. The van der Waals surface area contributed by atoms with Gasteiger partial charge in [0.25, 0.3) is 5.91 Å². The van der Waals surface area contributed by atoms with Crippen LogP contribution in [0.2, 0.25) is 5.02 Å². The van der Waals surface area contributed by atoms with Crippen LogP contribution in [-0.4, -0.2) is 43.3 Å². The quantitative estimate of drug-likeness (QED) is 0.660. The van der Waals surface area contributed by atoms with Gasteiger partial charge in [0.2, 0.25) is 10.0 Å². The van der Waals surface area contributed by atoms with Gasteiger partial charge in [-0.05, 0) is 31.0 Å². The van der Waals surface area contributed by atoms with Crippen LogP contribution in [0.5, 0.6) is 5.75 Å². The lowest BCUT2D eigenvalue weighted by atomic mass is 10.00. The van der Waals surface area contributed by atoms with Crippen LogP contribution in [-0.2, 0) is 14.8 Å². The molecule has 0 bridgehead atoms. The van der Waals surface area contributed by atoms with Gasteiger partial charge >= 0.3 is 0 Å². The number of sulfonamides is 1. The Bertz CT molecular complexity index is 1220. The maximum absolute atomic E-state index is 13.4. The first kappa shape index (κ1) is 19.3. The second-order valence-corrected chi connectivity index (χ2v) is 9.65. The standard InChI is InChI=1S/C20H18ClN3O5S/c21-13-8-15-17(28-11-19(25)22-15)9-18(13)30(26,27)24-7-3-4-12(10-24)20-23-14-5-1-2-6-16(14)29-20/h1-2,5-6,8-9,12H,3-4,7,10-11H2,(H,22,25). The summed E-state index contributed by atoms with van der Waals surface area (Å²) in [6.07, 6.45) is 1.46. The summed E-state index contributed by atoms with van der Waals surface area (Å²) in [7, 11) is -3.87. The Kier molecular flexibility index (Phi) is 4.68. The van der Waals surface area contributed by atoms with E-state index in [1.807, 2.05) is 24.3 Å². The number of rotatable bonds is 3. The van der Waals surface area contributed by atoms with Gasteiger partial charge in [0.05, 0.1) is 10.7 Å². The molecule has 3 heterocycles. The zero-order chi connectivity index (χ0) is 20.9. The molecule has 0 aliphatic carbocycles. The molecular formula is C20H18ClN3O5S. The Labute approximate surface area is 177 Å². The molecule has 1 N–H and O–H groups in total. The van der Waals surface area contributed by atoms with E-state index in [0.29, 0.717) is 30.1 Å². The molecule has 1 saturated heterocycles. The molecule has 156 valence electrons. The van der Waals surface area contributed by atoms with Crippen LogP contribution in [0.3, 0.4) is 0 Å². The fourth-order valence-corrected chi connectivity index (χ4v) is 5.89. The predicted octanol–water partition coefficient (Wildman–Crippen LogP) is 3.38. The SMILES string of the molecule is O=C1COc2cc(S(=O)(=O)N3CCCC(c4nc5ccccc5o4)C3)c(Cl)cc2N1. The van der Waals surface area contributed by atoms with E-state index in [4.69, 9.17) is 20.8 Å². The highest BCUT2D eigenvalue weighted by Gasteiger charge is 2.35. The number of aromatic nitrogens is 1. The number of oxazole rings is 1. The van der Waals surface area contributed by atoms with Crippen LogP contribution in [0.15, 0.2) is 45.7 Å². The van der Waals surface area contributed by atoms with E-state index in [1.165, 1.54) is 16.4 Å². The summed E-state index contributed by atoms with van der Waals surface area (Å²) in [6.45, 7) is 0.460. The summed E-state index contributed by atoms with van der Waals surface area (Å²) in [5, 5.41) is 2.65. The zero-order valence-corrected chi connectivity index (χ0v) is 17.4. The Morgan fingerprint density at radius 3 is 2.90 bits per heavy atom. The number of nitrogens with zero attached hydrogens (tertiary/aromatic N) is 2. The maximum atomic E-state index is 13.4. The van der Waals surface area contributed by atoms with Crippen LogP contribution in [0.1, 0.15) is 24.7 Å². The minimum absolute atomic E-state index is 0.0311. The maximum Gasteiger partial charge on any atom is 0.262 e. The van der Waals surface area contributed by atoms with Crippen LogP contribution >= 0.6 is 11.6 Å². The largest absolute Gasteiger partial charge is 0.482 e. The Balaban J connectivity index is 1.45. The predicted molar refractivity (Wildman–Crippen MR) is 110 cm³/mol. The molecule has 0 spiro atoms. The van der Waals surface area contributed by atoms with Crippen molar-refractivity contribution in [2.45, 2.75) is 23.7 Å². The Morgan fingerprint density at radius 1 is 1.23 bits per heavy atom. The van der Waals surface area contributed by atoms with Gasteiger partial charge in [-0.15, -0.1) is 0 Å². The molecule has 3 aromatic rings. The first-order chi connectivity index (χ1) is 14.4. The average Bonchev–Trinajstić information content (AvgIpc) is 3.17. The van der Waals surface area contributed by atoms with Crippen molar-refractivity contribution in [2.75, 3.05) is 25.0 Å². The molecule has 30 heavy (non-hydrogen) atoms. The van der Waals surface area contributed by atoms with Gasteiger partial charge < -0.3 is 14.5 Å². The van der Waals surface area contributed by atoms with E-state index in [1.54, 1.807) is 0 Å². The van der Waals surface area contributed by atoms with Crippen molar-refractivity contribution in [3.05, 3.63) is 47.3 Å². The number of carbonyl (C=O) groups is 1. The molecule has 10 heteroatoms. The molecule has 2 aliphatic rings. The summed E-state index contributed by atoms with van der Waals surface area (Å²) < 4.78 is 39.3. The van der Waals surface area contributed by atoms with Gasteiger partial charge in [0.15, 0.2) is 18.1 Å². The smallest absolute Gasteiger partial charge is 0.262 e. The molecule has 1 unspecified atom stereocenters. The van der Waals surface area contributed by atoms with Gasteiger partial charge in [0, 0.05) is 25.1 Å². The monoisotopic (exact) mass is 447 g/mol. The van der Waals surface area contributed by atoms with Crippen molar-refractivity contribution in [3.8, 4) is 5.75 Å². The van der Waals surface area contributed by atoms with E-state index in [2.05, 4.69) is 10.3 Å². The van der Waals surface area contributed by atoms with E-state index in [0.717, 1.165) is 11.9 Å². The van der Waals surface area contributed by atoms with Crippen LogP contribution in [0, 0.1) is 0 Å². The lowest BCUT2D eigenvalue weighted by Crippen LogP contribution is -2.39. The number of para-hydroxylation sites is 2. The second-order valence-electron chi connectivity index (χ2n) is 7.34. The van der Waals surface area contributed by atoms with Crippen molar-refractivity contribution in [1.82, 2.24) is 9.29 Å². The number of amides is 1. The molecule has 1 fully saturated rings. The number of halogens is 1. The molecule has 1 aromatic heterocycles. The third-order valence-electron chi connectivity index (χ3n) is 5.33. The molecule has 0 saturated carbocycles. The first-order valence-corrected chi connectivity index (χ1v) is 11.4. The third-order valence-corrected chi connectivity index (χ3v) is 7.66. The van der Waals surface area contributed by atoms with Gasteiger partial charge in [-0.1, -0.05) is 23.7 Å². The number of hydrogen-bond acceptors (Lipinski definition) is 6. The topological polar surface area (TPSA) is 102 Å². The number of anilines is 1. The van der Waals surface area contributed by atoms with Crippen molar-refractivity contribution < 1.29 is 22.4 Å². The molecule has 1 atom stereocenters. The average molecular weight is 448 g/mol. The number of hydrogen-bond donors (Lipinski definition) is 1. The zero-order valence-electron chi connectivity index (χ0n) is 15.8. The minimum atomic E-state index is -3.87. The van der Waals surface area contributed by atoms with Gasteiger partial charge in [-0.2, -0.15) is 4.31 Å². The molecule has 8 nitrogen and oxygen atoms in total. The summed E-state index contributed by atoms with van der Waals surface area (Å²) in [5.74, 6) is 0.364. The highest BCUT2D eigenvalue weighted by atomic mass is 35.5. The van der Waals surface area contributed by atoms with E-state index in [9.17, 15) is 13.2 Å². The summed E-state index contributed by atoms with van der Waals surface area (Å²) in [4.78, 5) is 16.0. The van der Waals surface area contributed by atoms with E-state index in [-0.39, 0.29) is 40.6 Å². The first-order valence-electron chi connectivity index (χ1n) is 9.53. The summed E-state index contributed by atoms with van der Waals surface area (Å²) in [5.41, 5.74) is 1.80. The van der Waals surface area contributed by atoms with Crippen molar-refractivity contribution in [1.29, 1.82) is 0 Å². The summed E-state index contributed by atoms with van der Waals surface area (Å²) in [6, 6.07) is 10.2. The molecule has 2 aromatic carbocycles. The fraction of sp³-hybridized carbons (Fsp3) is 0.300. The number of carbonyl (C=O) groups excluding carboxylic acids is 1. The number of ether oxygens (including phenoxy) is 1. The van der Waals surface area contributed by atoms with Gasteiger partial charge in [-0.25, -0.2) is 13.4 Å². The Hall–Kier alpha value is -2.62. The Morgan fingerprint density at radius 2 is 2.07 bits per heavy atom. The molecular weight excluding hydrogens is 430 g/mol. The molecule has 5 rings (SSSR count). The van der Waals surface area contributed by atoms with Gasteiger partial charge in [-0.3, -0.25) is 4.79 Å². The highest BCUT2D eigenvalue weighted by Crippen LogP contribution is 2.38. The number of piperidine rings is 1. The van der Waals surface area contributed by atoms with Gasteiger partial charge in [0.1, 0.15) is 16.2 Å². The van der Waals surface area contributed by atoms with Crippen molar-refractivity contribution in [2.24, 2.45) is 0 Å². The van der Waals surface area contributed by atoms with E-state index < -0.39 is 10.0 Å². The van der Waals surface area contributed by atoms with Crippen LogP contribution < -0.4 is 10.1 Å². The fourth-order valence-electron chi connectivity index (χ4n) is 3.85. The normalized spacial score (nSPS) is 19.9. The third kappa shape index (κ3) is 3.32. The molecule has 1 amide bonds. The number of nitrogens with one attached hydrogen (secondary N) is 1. The van der Waals surface area contributed by atoms with E-state index >= 15 is 0 Å². The number of benzene rings is 2. The molecule has 0 radical (unpaired) electrons. The lowest BCUT2D eigenvalue weighted by Gasteiger charge is -2.31. The van der Waals surface area contributed by atoms with Crippen molar-refractivity contribution >= 4 is 44.3 Å². The van der Waals surface area contributed by atoms with Crippen LogP contribution in [0.25, 0.3) is 11.1 Å². The number of fused-ring (bicyclic) bond motifs is 2. The lowest BCUT2D eigenvalue weighted by molar-refractivity contribution is -0.118.